The molecule has 0 aliphatic rings. The lowest BCUT2D eigenvalue weighted by molar-refractivity contribution is 0.108. The van der Waals surface area contributed by atoms with Crippen molar-refractivity contribution >= 4 is 17.7 Å². The van der Waals surface area contributed by atoms with Crippen LogP contribution in [0, 0.1) is 0 Å². The summed E-state index contributed by atoms with van der Waals surface area (Å²) in [6, 6.07) is 4.88. The average molecular weight is 197 g/mol. The topological polar surface area (TPSA) is 35.5 Å². The number of carbonyl (C=O) groups is 1. The van der Waals surface area contributed by atoms with Crippen LogP contribution in [-0.2, 0) is 12.6 Å². The molecule has 0 saturated heterocycles. The van der Waals surface area contributed by atoms with Crippen LogP contribution in [-0.4, -0.2) is 19.3 Å². The molecule has 0 unspecified atom stereocenters. The summed E-state index contributed by atoms with van der Waals surface area (Å²) in [6.45, 7) is 0. The van der Waals surface area contributed by atoms with E-state index in [0.717, 1.165) is 0 Å². The maximum absolute atomic E-state index is 10.9. The second kappa shape index (κ2) is 4.09. The molecule has 3 nitrogen and oxygen atoms in total. The summed E-state index contributed by atoms with van der Waals surface area (Å²) in [5.41, 5.74) is 0.387. The Morgan fingerprint density at radius 1 is 1.31 bits per heavy atom. The van der Waals surface area contributed by atoms with Crippen LogP contribution >= 0.6 is 0 Å². The molecule has 1 rings (SSSR count). The monoisotopic (exact) mass is 197 g/mol. The van der Waals surface area contributed by atoms with E-state index < -0.39 is 5.12 Å². The van der Waals surface area contributed by atoms with Crippen LogP contribution in [0.5, 0.6) is 11.5 Å². The van der Waals surface area contributed by atoms with Crippen molar-refractivity contribution in [2.24, 2.45) is 0 Å². The van der Waals surface area contributed by atoms with Crippen LogP contribution in [0.3, 0.4) is 0 Å². The zero-order valence-corrected chi connectivity index (χ0v) is 8.18. The van der Waals surface area contributed by atoms with Gasteiger partial charge in [-0.15, -0.1) is 0 Å². The first-order valence-electron chi connectivity index (χ1n) is 3.62. The summed E-state index contributed by atoms with van der Waals surface area (Å²) in [7, 11) is 3.03. The fourth-order valence-corrected chi connectivity index (χ4v) is 1.14. The molecular weight excluding hydrogens is 188 g/mol. The van der Waals surface area contributed by atoms with Gasteiger partial charge in [0.15, 0.2) is 0 Å². The van der Waals surface area contributed by atoms with Crippen molar-refractivity contribution in [3.05, 3.63) is 23.8 Å². The van der Waals surface area contributed by atoms with E-state index in [1.54, 1.807) is 25.3 Å². The van der Waals surface area contributed by atoms with Crippen molar-refractivity contribution in [2.75, 3.05) is 14.2 Å². The van der Waals surface area contributed by atoms with Gasteiger partial charge in [0, 0.05) is 16.7 Å². The van der Waals surface area contributed by atoms with Gasteiger partial charge >= 0.3 is 0 Å². The summed E-state index contributed by atoms with van der Waals surface area (Å²) in [4.78, 5) is 10.9. The number of benzene rings is 1. The van der Waals surface area contributed by atoms with Gasteiger partial charge in [0.1, 0.15) is 11.5 Å². The highest BCUT2D eigenvalue weighted by Crippen LogP contribution is 2.24. The van der Waals surface area contributed by atoms with E-state index in [1.165, 1.54) is 7.11 Å². The molecule has 4 heteroatoms. The lowest BCUT2D eigenvalue weighted by Crippen LogP contribution is -1.98. The third-order valence-corrected chi connectivity index (χ3v) is 1.85. The van der Waals surface area contributed by atoms with E-state index in [4.69, 9.17) is 9.47 Å². The molecule has 0 aromatic heterocycles. The molecule has 0 saturated carbocycles. The van der Waals surface area contributed by atoms with E-state index >= 15 is 0 Å². The van der Waals surface area contributed by atoms with Gasteiger partial charge in [0.25, 0.3) is 0 Å². The standard InChI is InChI=1S/C9H10O3S/c1-11-6-3-4-7(9(10)13)8(5-6)12-2/h3-5H,1-2H3,(H,10,13)/p-1. The minimum absolute atomic E-state index is 0.387. The molecule has 0 bridgehead atoms. The van der Waals surface area contributed by atoms with Crippen molar-refractivity contribution in [2.45, 2.75) is 0 Å². The van der Waals surface area contributed by atoms with Crippen molar-refractivity contribution in [3.8, 4) is 11.5 Å². The van der Waals surface area contributed by atoms with Gasteiger partial charge in [-0.05, 0) is 12.1 Å². The third kappa shape index (κ3) is 2.09. The molecule has 70 valence electrons. The summed E-state index contributed by atoms with van der Waals surface area (Å²) >= 11 is 4.52. The lowest BCUT2D eigenvalue weighted by atomic mass is 10.2. The van der Waals surface area contributed by atoms with Crippen LogP contribution in [0.2, 0.25) is 0 Å². The van der Waals surface area contributed by atoms with Crippen molar-refractivity contribution in [1.29, 1.82) is 0 Å². The maximum atomic E-state index is 10.9. The van der Waals surface area contributed by atoms with Crippen molar-refractivity contribution in [3.63, 3.8) is 0 Å². The summed E-state index contributed by atoms with van der Waals surface area (Å²) in [6.07, 6.45) is 0. The first-order chi connectivity index (χ1) is 6.19. The Balaban J connectivity index is 3.15. The number of carbonyl (C=O) groups excluding carboxylic acids is 1. The minimum atomic E-state index is -0.431. The highest BCUT2D eigenvalue weighted by Gasteiger charge is 2.04. The van der Waals surface area contributed by atoms with Gasteiger partial charge in [-0.25, -0.2) is 0 Å². The number of methoxy groups -OCH3 is 2. The van der Waals surface area contributed by atoms with E-state index in [-0.39, 0.29) is 0 Å². The second-order valence-corrected chi connectivity index (χ2v) is 2.72. The smallest absolute Gasteiger partial charge is 0.131 e. The van der Waals surface area contributed by atoms with E-state index in [1.807, 2.05) is 0 Å². The number of hydrogen-bond donors (Lipinski definition) is 0. The summed E-state index contributed by atoms with van der Waals surface area (Å²) < 4.78 is 9.95. The second-order valence-electron chi connectivity index (χ2n) is 2.35. The van der Waals surface area contributed by atoms with Crippen LogP contribution in [0.4, 0.5) is 0 Å². The molecule has 0 aliphatic heterocycles. The molecule has 0 aliphatic carbocycles. The Morgan fingerprint density at radius 3 is 2.46 bits per heavy atom. The fraction of sp³-hybridized carbons (Fsp3) is 0.222. The molecule has 0 atom stereocenters. The Labute approximate surface area is 82.1 Å². The molecule has 13 heavy (non-hydrogen) atoms. The Morgan fingerprint density at radius 2 is 2.00 bits per heavy atom. The molecule has 0 amide bonds. The van der Waals surface area contributed by atoms with E-state index in [9.17, 15) is 4.79 Å². The van der Waals surface area contributed by atoms with Gasteiger partial charge in [-0.3, -0.25) is 0 Å². The number of hydrogen-bond acceptors (Lipinski definition) is 4. The molecule has 0 spiro atoms. The molecule has 1 aromatic carbocycles. The van der Waals surface area contributed by atoms with Crippen LogP contribution in [0.15, 0.2) is 18.2 Å². The van der Waals surface area contributed by atoms with Crippen LogP contribution < -0.4 is 9.47 Å². The first-order valence-corrected chi connectivity index (χ1v) is 4.03. The van der Waals surface area contributed by atoms with Crippen LogP contribution in [0.1, 0.15) is 10.4 Å². The number of rotatable bonds is 3. The molecule has 1 aromatic rings. The normalized spacial score (nSPS) is 9.38. The summed E-state index contributed by atoms with van der Waals surface area (Å²) in [5.74, 6) is 1.08. The Bertz CT molecular complexity index is 323. The van der Waals surface area contributed by atoms with Gasteiger partial charge in [-0.1, -0.05) is 0 Å². The molecule has 0 heterocycles. The van der Waals surface area contributed by atoms with Gasteiger partial charge < -0.3 is 26.9 Å². The van der Waals surface area contributed by atoms with Gasteiger partial charge in [-0.2, -0.15) is 0 Å². The predicted octanol–water partition coefficient (Wildman–Crippen LogP) is 1.39. The number of ether oxygens (including phenoxy) is 2. The van der Waals surface area contributed by atoms with Crippen molar-refractivity contribution in [1.82, 2.24) is 0 Å². The van der Waals surface area contributed by atoms with Crippen LogP contribution in [0.25, 0.3) is 0 Å². The van der Waals surface area contributed by atoms with E-state index in [0.29, 0.717) is 17.1 Å². The zero-order chi connectivity index (χ0) is 9.84. The minimum Gasteiger partial charge on any atom is -0.737 e. The maximum Gasteiger partial charge on any atom is 0.131 e. The summed E-state index contributed by atoms with van der Waals surface area (Å²) in [5, 5.41) is -0.431. The SMILES string of the molecule is COc1ccc(C(=O)[S-])c(OC)c1. The molecular formula is C9H9O3S-. The van der Waals surface area contributed by atoms with E-state index in [2.05, 4.69) is 12.6 Å². The highest BCUT2D eigenvalue weighted by atomic mass is 32.1. The third-order valence-electron chi connectivity index (χ3n) is 1.63. The zero-order valence-electron chi connectivity index (χ0n) is 7.37. The van der Waals surface area contributed by atoms with Crippen molar-refractivity contribution < 1.29 is 14.3 Å². The molecule has 0 N–H and O–H groups in total. The quantitative estimate of drug-likeness (QED) is 0.686. The molecule has 0 fully saturated rings. The molecule has 0 radical (unpaired) electrons. The predicted molar refractivity (Wildman–Crippen MR) is 51.2 cm³/mol. The average Bonchev–Trinajstić information content (AvgIpc) is 2.16. The first kappa shape index (κ1) is 9.80. The fourth-order valence-electron chi connectivity index (χ4n) is 0.967. The highest BCUT2D eigenvalue weighted by molar-refractivity contribution is 7.77. The lowest BCUT2D eigenvalue weighted by Gasteiger charge is -2.11. The largest absolute Gasteiger partial charge is 0.737 e. The Kier molecular flexibility index (Phi) is 3.08. The van der Waals surface area contributed by atoms with Gasteiger partial charge in [0.05, 0.1) is 14.2 Å². The Hall–Kier alpha value is -1.29. The van der Waals surface area contributed by atoms with Gasteiger partial charge in [0.2, 0.25) is 0 Å².